The van der Waals surface area contributed by atoms with Crippen molar-refractivity contribution in [2.45, 2.75) is 6.92 Å². The van der Waals surface area contributed by atoms with Crippen molar-refractivity contribution in [3.8, 4) is 0 Å². The molecule has 0 aliphatic heterocycles. The smallest absolute Gasteiger partial charge is 0.260 e. The summed E-state index contributed by atoms with van der Waals surface area (Å²) in [5.74, 6) is 0.386. The Labute approximate surface area is 98.0 Å². The molecule has 90 valence electrons. The number of fused-ring (bicyclic) bond motifs is 1. The van der Waals surface area contributed by atoms with Crippen LogP contribution in [0.15, 0.2) is 23.0 Å². The number of aromatic nitrogens is 2. The Kier molecular flexibility index (Phi) is 2.97. The SMILES string of the molecule is CCN(OC)c1nc2ccc(N)cc2c(=O)[nH]1. The standard InChI is InChI=1S/C11H14N4O2/c1-3-15(17-2)11-13-9-5-4-7(12)6-8(9)10(16)14-11/h4-6H,3,12H2,1-2H3,(H,13,14,16). The normalized spacial score (nSPS) is 10.7. The number of hydrogen-bond donors (Lipinski definition) is 2. The fourth-order valence-corrected chi connectivity index (χ4v) is 1.63. The van der Waals surface area contributed by atoms with Gasteiger partial charge in [0.15, 0.2) is 0 Å². The molecule has 0 bridgehead atoms. The summed E-state index contributed by atoms with van der Waals surface area (Å²) in [6, 6.07) is 5.03. The molecule has 3 N–H and O–H groups in total. The molecule has 6 nitrogen and oxygen atoms in total. The van der Waals surface area contributed by atoms with Crippen LogP contribution in [0, 0.1) is 0 Å². The van der Waals surface area contributed by atoms with Crippen molar-refractivity contribution in [1.82, 2.24) is 9.97 Å². The summed E-state index contributed by atoms with van der Waals surface area (Å²) in [6.45, 7) is 2.48. The van der Waals surface area contributed by atoms with E-state index >= 15 is 0 Å². The zero-order chi connectivity index (χ0) is 12.4. The zero-order valence-corrected chi connectivity index (χ0v) is 9.73. The van der Waals surface area contributed by atoms with Crippen LogP contribution in [-0.4, -0.2) is 23.6 Å². The van der Waals surface area contributed by atoms with Gasteiger partial charge in [-0.3, -0.25) is 14.6 Å². The Hall–Kier alpha value is -2.08. The lowest BCUT2D eigenvalue weighted by atomic mass is 10.2. The summed E-state index contributed by atoms with van der Waals surface area (Å²) in [5, 5.41) is 1.97. The Bertz CT molecular complexity index is 590. The predicted octanol–water partition coefficient (Wildman–Crippen LogP) is 0.893. The molecule has 0 aliphatic carbocycles. The van der Waals surface area contributed by atoms with Gasteiger partial charge in [-0.05, 0) is 25.1 Å². The number of nitrogens with two attached hydrogens (primary N) is 1. The lowest BCUT2D eigenvalue weighted by Crippen LogP contribution is -2.26. The van der Waals surface area contributed by atoms with Gasteiger partial charge in [-0.15, -0.1) is 0 Å². The van der Waals surface area contributed by atoms with Crippen molar-refractivity contribution in [2.24, 2.45) is 0 Å². The highest BCUT2D eigenvalue weighted by molar-refractivity contribution is 5.81. The summed E-state index contributed by atoms with van der Waals surface area (Å²) >= 11 is 0. The highest BCUT2D eigenvalue weighted by Gasteiger charge is 2.09. The molecular formula is C11H14N4O2. The third kappa shape index (κ3) is 2.07. The van der Waals surface area contributed by atoms with Gasteiger partial charge in [0.2, 0.25) is 5.95 Å². The third-order valence-electron chi connectivity index (χ3n) is 2.46. The Balaban J connectivity index is 2.63. The van der Waals surface area contributed by atoms with E-state index in [1.807, 2.05) is 6.92 Å². The minimum absolute atomic E-state index is 0.229. The molecular weight excluding hydrogens is 220 g/mol. The van der Waals surface area contributed by atoms with Gasteiger partial charge in [0, 0.05) is 12.2 Å². The Morgan fingerprint density at radius 2 is 2.29 bits per heavy atom. The first-order chi connectivity index (χ1) is 8.15. The number of rotatable bonds is 3. The van der Waals surface area contributed by atoms with Crippen molar-refractivity contribution in [2.75, 3.05) is 24.5 Å². The average molecular weight is 234 g/mol. The number of benzene rings is 1. The number of aromatic amines is 1. The summed E-state index contributed by atoms with van der Waals surface area (Å²) < 4.78 is 0. The molecule has 2 aromatic rings. The highest BCUT2D eigenvalue weighted by atomic mass is 16.7. The van der Waals surface area contributed by atoms with Gasteiger partial charge in [0.05, 0.1) is 18.0 Å². The van der Waals surface area contributed by atoms with Gasteiger partial charge in [0.25, 0.3) is 5.56 Å². The number of hydrogen-bond acceptors (Lipinski definition) is 5. The van der Waals surface area contributed by atoms with Crippen LogP contribution in [0.5, 0.6) is 0 Å². The number of H-pyrrole nitrogens is 1. The van der Waals surface area contributed by atoms with E-state index in [0.29, 0.717) is 29.1 Å². The van der Waals surface area contributed by atoms with Crippen molar-refractivity contribution >= 4 is 22.5 Å². The van der Waals surface area contributed by atoms with Crippen LogP contribution in [0.25, 0.3) is 10.9 Å². The van der Waals surface area contributed by atoms with Crippen LogP contribution < -0.4 is 16.4 Å². The lowest BCUT2D eigenvalue weighted by molar-refractivity contribution is 0.166. The van der Waals surface area contributed by atoms with Gasteiger partial charge in [0.1, 0.15) is 0 Å². The van der Waals surface area contributed by atoms with Gasteiger partial charge in [-0.2, -0.15) is 0 Å². The average Bonchev–Trinajstić information content (AvgIpc) is 2.32. The first-order valence-corrected chi connectivity index (χ1v) is 5.27. The second-order valence-corrected chi connectivity index (χ2v) is 3.54. The van der Waals surface area contributed by atoms with Gasteiger partial charge < -0.3 is 5.73 Å². The van der Waals surface area contributed by atoms with E-state index in [4.69, 9.17) is 10.6 Å². The molecule has 2 rings (SSSR count). The maximum Gasteiger partial charge on any atom is 0.260 e. The molecule has 0 unspecified atom stereocenters. The summed E-state index contributed by atoms with van der Waals surface area (Å²) in [6.07, 6.45) is 0. The molecule has 0 atom stereocenters. The summed E-state index contributed by atoms with van der Waals surface area (Å²) in [7, 11) is 1.52. The number of nitrogens with one attached hydrogen (secondary N) is 1. The van der Waals surface area contributed by atoms with E-state index in [1.54, 1.807) is 18.2 Å². The molecule has 0 aliphatic rings. The van der Waals surface area contributed by atoms with Crippen LogP contribution in [0.1, 0.15) is 6.92 Å². The molecule has 0 fully saturated rings. The van der Waals surface area contributed by atoms with Crippen molar-refractivity contribution < 1.29 is 4.84 Å². The van der Waals surface area contributed by atoms with Crippen LogP contribution in [0.4, 0.5) is 11.6 Å². The first-order valence-electron chi connectivity index (χ1n) is 5.27. The van der Waals surface area contributed by atoms with Crippen LogP contribution in [0.2, 0.25) is 0 Å². The molecule has 0 saturated carbocycles. The lowest BCUT2D eigenvalue weighted by Gasteiger charge is -2.17. The molecule has 0 radical (unpaired) electrons. The molecule has 17 heavy (non-hydrogen) atoms. The van der Waals surface area contributed by atoms with Crippen molar-refractivity contribution in [3.63, 3.8) is 0 Å². The summed E-state index contributed by atoms with van der Waals surface area (Å²) in [4.78, 5) is 23.9. The predicted molar refractivity (Wildman–Crippen MR) is 66.8 cm³/mol. The molecule has 0 amide bonds. The fraction of sp³-hybridized carbons (Fsp3) is 0.273. The molecule has 1 aromatic carbocycles. The van der Waals surface area contributed by atoms with E-state index in [1.165, 1.54) is 12.2 Å². The van der Waals surface area contributed by atoms with Crippen molar-refractivity contribution in [1.29, 1.82) is 0 Å². The molecule has 6 heteroatoms. The Morgan fingerprint density at radius 3 is 2.94 bits per heavy atom. The number of nitrogen functional groups attached to an aromatic ring is 1. The summed E-state index contributed by atoms with van der Waals surface area (Å²) in [5.41, 5.74) is 6.53. The van der Waals surface area contributed by atoms with Gasteiger partial charge in [-0.25, -0.2) is 10.0 Å². The second-order valence-electron chi connectivity index (χ2n) is 3.54. The van der Waals surface area contributed by atoms with Gasteiger partial charge >= 0.3 is 0 Å². The number of anilines is 2. The first kappa shape index (κ1) is 11.4. The maximum atomic E-state index is 11.9. The maximum absolute atomic E-state index is 11.9. The largest absolute Gasteiger partial charge is 0.399 e. The van der Waals surface area contributed by atoms with E-state index in [-0.39, 0.29) is 5.56 Å². The van der Waals surface area contributed by atoms with E-state index in [9.17, 15) is 4.79 Å². The fourth-order valence-electron chi connectivity index (χ4n) is 1.63. The minimum atomic E-state index is -0.229. The zero-order valence-electron chi connectivity index (χ0n) is 9.73. The third-order valence-corrected chi connectivity index (χ3v) is 2.46. The van der Waals surface area contributed by atoms with Crippen molar-refractivity contribution in [3.05, 3.63) is 28.6 Å². The van der Waals surface area contributed by atoms with Crippen LogP contribution in [-0.2, 0) is 4.84 Å². The molecule has 1 heterocycles. The van der Waals surface area contributed by atoms with Crippen LogP contribution in [0.3, 0.4) is 0 Å². The minimum Gasteiger partial charge on any atom is -0.399 e. The molecule has 0 spiro atoms. The van der Waals surface area contributed by atoms with E-state index in [0.717, 1.165) is 0 Å². The number of nitrogens with zero attached hydrogens (tertiary/aromatic N) is 2. The molecule has 0 saturated heterocycles. The second kappa shape index (κ2) is 4.42. The quantitative estimate of drug-likeness (QED) is 0.608. The topological polar surface area (TPSA) is 84.2 Å². The van der Waals surface area contributed by atoms with Gasteiger partial charge in [-0.1, -0.05) is 0 Å². The monoisotopic (exact) mass is 234 g/mol. The Morgan fingerprint density at radius 1 is 1.53 bits per heavy atom. The van der Waals surface area contributed by atoms with E-state index < -0.39 is 0 Å². The van der Waals surface area contributed by atoms with E-state index in [2.05, 4.69) is 9.97 Å². The molecule has 1 aromatic heterocycles. The van der Waals surface area contributed by atoms with Crippen LogP contribution >= 0.6 is 0 Å². The number of hydroxylamine groups is 1. The highest BCUT2D eigenvalue weighted by Crippen LogP contribution is 2.14.